The van der Waals surface area contributed by atoms with Crippen molar-refractivity contribution < 1.29 is 13.5 Å². The maximum absolute atomic E-state index is 13.3. The molecule has 2 nitrogen and oxygen atoms in total. The quantitative estimate of drug-likeness (QED) is 0.897. The Morgan fingerprint density at radius 3 is 2.45 bits per heavy atom. The van der Waals surface area contributed by atoms with E-state index in [0.717, 1.165) is 31.7 Å². The minimum Gasteiger partial charge on any atom is -0.375 e. The molecule has 1 aliphatic heterocycles. The van der Waals surface area contributed by atoms with E-state index in [4.69, 9.17) is 10.5 Å². The Morgan fingerprint density at radius 2 is 1.80 bits per heavy atom. The van der Waals surface area contributed by atoms with Gasteiger partial charge in [0.05, 0.1) is 5.60 Å². The van der Waals surface area contributed by atoms with E-state index in [9.17, 15) is 8.78 Å². The lowest BCUT2D eigenvalue weighted by atomic mass is 9.79. The molecule has 2 aliphatic rings. The van der Waals surface area contributed by atoms with Gasteiger partial charge in [-0.2, -0.15) is 0 Å². The number of ether oxygens (including phenoxy) is 1. The molecule has 3 rings (SSSR count). The molecule has 1 spiro atoms. The highest BCUT2D eigenvalue weighted by Crippen LogP contribution is 2.44. The summed E-state index contributed by atoms with van der Waals surface area (Å²) in [5, 5.41) is 0. The summed E-state index contributed by atoms with van der Waals surface area (Å²) in [5.41, 5.74) is 6.81. The van der Waals surface area contributed by atoms with Crippen LogP contribution in [0.2, 0.25) is 0 Å². The molecule has 1 aliphatic carbocycles. The maximum atomic E-state index is 13.3. The average molecular weight is 281 g/mol. The third-order valence-electron chi connectivity index (χ3n) is 4.82. The van der Waals surface area contributed by atoms with Crippen LogP contribution in [0.5, 0.6) is 0 Å². The molecule has 110 valence electrons. The second-order valence-electron chi connectivity index (χ2n) is 6.22. The Balaban J connectivity index is 1.77. The van der Waals surface area contributed by atoms with Crippen molar-refractivity contribution in [2.24, 2.45) is 11.7 Å². The summed E-state index contributed by atoms with van der Waals surface area (Å²) >= 11 is 0. The Hall–Kier alpha value is -1.00. The van der Waals surface area contributed by atoms with Gasteiger partial charge in [0.15, 0.2) is 0 Å². The Labute approximate surface area is 118 Å². The van der Waals surface area contributed by atoms with Crippen LogP contribution in [0, 0.1) is 17.6 Å². The zero-order valence-electron chi connectivity index (χ0n) is 11.6. The highest BCUT2D eigenvalue weighted by Gasteiger charge is 2.41. The molecule has 2 fully saturated rings. The predicted molar refractivity (Wildman–Crippen MR) is 73.2 cm³/mol. The molecule has 2 atom stereocenters. The second-order valence-corrected chi connectivity index (χ2v) is 6.22. The molecule has 2 unspecified atom stereocenters. The first kappa shape index (κ1) is 14.0. The summed E-state index contributed by atoms with van der Waals surface area (Å²) in [6.07, 6.45) is 6.36. The molecule has 20 heavy (non-hydrogen) atoms. The number of rotatable bonds is 2. The van der Waals surface area contributed by atoms with Crippen LogP contribution >= 0.6 is 0 Å². The highest BCUT2D eigenvalue weighted by molar-refractivity contribution is 5.22. The zero-order valence-corrected chi connectivity index (χ0v) is 11.6. The van der Waals surface area contributed by atoms with Crippen molar-refractivity contribution in [2.75, 3.05) is 6.61 Å². The van der Waals surface area contributed by atoms with E-state index in [1.165, 1.54) is 25.0 Å². The molecule has 2 N–H and O–H groups in total. The molecule has 1 heterocycles. The average Bonchev–Trinajstić information content (AvgIpc) is 2.85. The first-order valence-electron chi connectivity index (χ1n) is 7.44. The molecule has 0 amide bonds. The lowest BCUT2D eigenvalue weighted by Crippen LogP contribution is -2.40. The van der Waals surface area contributed by atoms with Crippen LogP contribution in [0.25, 0.3) is 0 Å². The monoisotopic (exact) mass is 281 g/mol. The molecule has 0 aromatic heterocycles. The van der Waals surface area contributed by atoms with Gasteiger partial charge in [-0.3, -0.25) is 0 Å². The Bertz CT molecular complexity index is 465. The van der Waals surface area contributed by atoms with E-state index >= 15 is 0 Å². The molecule has 1 aromatic rings. The zero-order chi connectivity index (χ0) is 14.2. The largest absolute Gasteiger partial charge is 0.375 e. The number of hydrogen-bond acceptors (Lipinski definition) is 2. The van der Waals surface area contributed by atoms with Crippen molar-refractivity contribution in [2.45, 2.75) is 50.2 Å². The van der Waals surface area contributed by atoms with Gasteiger partial charge in [0, 0.05) is 18.7 Å². The molecule has 4 heteroatoms. The van der Waals surface area contributed by atoms with Crippen LogP contribution in [-0.4, -0.2) is 12.2 Å². The summed E-state index contributed by atoms with van der Waals surface area (Å²) < 4.78 is 32.6. The van der Waals surface area contributed by atoms with Crippen molar-refractivity contribution in [1.29, 1.82) is 0 Å². The summed E-state index contributed by atoms with van der Waals surface area (Å²) in [5.74, 6) is -0.876. The van der Waals surface area contributed by atoms with Crippen molar-refractivity contribution in [1.82, 2.24) is 0 Å². The Morgan fingerprint density at radius 1 is 1.15 bits per heavy atom. The predicted octanol–water partition coefficient (Wildman–Crippen LogP) is 3.70. The number of nitrogens with two attached hydrogens (primary N) is 1. The minimum absolute atomic E-state index is 0.0214. The standard InChI is InChI=1S/C16H21F2NO/c17-13-7-12(8-14(18)9-13)15(19)11-3-6-20-16(10-11)4-1-2-5-16/h7-9,11,15H,1-6,10,19H2. The van der Waals surface area contributed by atoms with Gasteiger partial charge < -0.3 is 10.5 Å². The van der Waals surface area contributed by atoms with E-state index in [0.29, 0.717) is 12.2 Å². The molecule has 1 saturated carbocycles. The van der Waals surface area contributed by atoms with Gasteiger partial charge in [0.1, 0.15) is 11.6 Å². The summed E-state index contributed by atoms with van der Waals surface area (Å²) in [6.45, 7) is 0.705. The fourth-order valence-electron chi connectivity index (χ4n) is 3.78. The SMILES string of the molecule is NC(c1cc(F)cc(F)c1)C1CCOC2(CCCC2)C1. The van der Waals surface area contributed by atoms with Crippen molar-refractivity contribution in [3.05, 3.63) is 35.4 Å². The minimum atomic E-state index is -0.557. The van der Waals surface area contributed by atoms with Crippen molar-refractivity contribution >= 4 is 0 Å². The van der Waals surface area contributed by atoms with Crippen LogP contribution in [0.1, 0.15) is 50.1 Å². The summed E-state index contributed by atoms with van der Waals surface area (Å²) in [6, 6.07) is 3.27. The Kier molecular flexibility index (Phi) is 3.78. The maximum Gasteiger partial charge on any atom is 0.126 e. The fraction of sp³-hybridized carbons (Fsp3) is 0.625. The van der Waals surface area contributed by atoms with E-state index in [2.05, 4.69) is 0 Å². The van der Waals surface area contributed by atoms with Gasteiger partial charge in [0.25, 0.3) is 0 Å². The van der Waals surface area contributed by atoms with Gasteiger partial charge in [0.2, 0.25) is 0 Å². The molecule has 0 radical (unpaired) electrons. The summed E-state index contributed by atoms with van der Waals surface area (Å²) in [7, 11) is 0. The third-order valence-corrected chi connectivity index (χ3v) is 4.82. The second kappa shape index (κ2) is 5.41. The van der Waals surface area contributed by atoms with Crippen LogP contribution in [0.15, 0.2) is 18.2 Å². The highest BCUT2D eigenvalue weighted by atomic mass is 19.1. The number of hydrogen-bond donors (Lipinski definition) is 1. The normalized spacial score (nSPS) is 26.9. The van der Waals surface area contributed by atoms with E-state index in [1.54, 1.807) is 0 Å². The van der Waals surface area contributed by atoms with Gasteiger partial charge in [-0.05, 0) is 49.3 Å². The topological polar surface area (TPSA) is 35.2 Å². The van der Waals surface area contributed by atoms with Crippen molar-refractivity contribution in [3.63, 3.8) is 0 Å². The lowest BCUT2D eigenvalue weighted by Gasteiger charge is -2.40. The van der Waals surface area contributed by atoms with Gasteiger partial charge in [-0.1, -0.05) is 12.8 Å². The smallest absolute Gasteiger partial charge is 0.126 e. The first-order valence-corrected chi connectivity index (χ1v) is 7.44. The van der Waals surface area contributed by atoms with Crippen molar-refractivity contribution in [3.8, 4) is 0 Å². The molecule has 1 saturated heterocycles. The van der Waals surface area contributed by atoms with Gasteiger partial charge in [-0.15, -0.1) is 0 Å². The van der Waals surface area contributed by atoms with E-state index in [-0.39, 0.29) is 17.6 Å². The molecule has 0 bridgehead atoms. The summed E-state index contributed by atoms with van der Waals surface area (Å²) in [4.78, 5) is 0. The molecule has 1 aromatic carbocycles. The fourth-order valence-corrected chi connectivity index (χ4v) is 3.78. The number of benzene rings is 1. The lowest BCUT2D eigenvalue weighted by molar-refractivity contribution is -0.0964. The first-order chi connectivity index (χ1) is 9.58. The van der Waals surface area contributed by atoms with E-state index < -0.39 is 11.6 Å². The van der Waals surface area contributed by atoms with Gasteiger partial charge in [-0.25, -0.2) is 8.78 Å². The number of halogens is 2. The van der Waals surface area contributed by atoms with E-state index in [1.807, 2.05) is 0 Å². The third kappa shape index (κ3) is 2.72. The molecular formula is C16H21F2NO. The van der Waals surface area contributed by atoms with Crippen LogP contribution in [0.3, 0.4) is 0 Å². The van der Waals surface area contributed by atoms with Gasteiger partial charge >= 0.3 is 0 Å². The molecular weight excluding hydrogens is 260 g/mol. The van der Waals surface area contributed by atoms with Crippen LogP contribution in [0.4, 0.5) is 8.78 Å². The van der Waals surface area contributed by atoms with Crippen LogP contribution < -0.4 is 5.73 Å². The van der Waals surface area contributed by atoms with Crippen LogP contribution in [-0.2, 0) is 4.74 Å².